The first-order valence-corrected chi connectivity index (χ1v) is 7.08. The lowest BCUT2D eigenvalue weighted by Crippen LogP contribution is -2.30. The van der Waals surface area contributed by atoms with Gasteiger partial charge in [-0.05, 0) is 61.1 Å². The molecule has 3 N–H and O–H groups in total. The molecule has 2 fully saturated rings. The third-order valence-corrected chi connectivity index (χ3v) is 4.97. The zero-order chi connectivity index (χ0) is 13.4. The van der Waals surface area contributed by atoms with Crippen LogP contribution in [-0.4, -0.2) is 0 Å². The number of rotatable bonds is 4. The Morgan fingerprint density at radius 2 is 2.05 bits per heavy atom. The van der Waals surface area contributed by atoms with Crippen LogP contribution in [0.2, 0.25) is 0 Å². The molecule has 2 aliphatic rings. The summed E-state index contributed by atoms with van der Waals surface area (Å²) >= 11 is 0. The van der Waals surface area contributed by atoms with E-state index in [1.165, 1.54) is 37.8 Å². The number of hydrogen-bond donors (Lipinski definition) is 2. The third kappa shape index (κ3) is 2.51. The Bertz CT molecular complexity index is 463. The second-order valence-electron chi connectivity index (χ2n) is 6.06. The van der Waals surface area contributed by atoms with E-state index in [1.807, 2.05) is 0 Å². The zero-order valence-electron chi connectivity index (χ0n) is 10.9. The fourth-order valence-electron chi connectivity index (χ4n) is 4.00. The van der Waals surface area contributed by atoms with Gasteiger partial charge < -0.3 is 0 Å². The number of fused-ring (bicyclic) bond motifs is 2. The van der Waals surface area contributed by atoms with Gasteiger partial charge in [-0.1, -0.05) is 12.5 Å². The molecule has 104 valence electrons. The summed E-state index contributed by atoms with van der Waals surface area (Å²) in [5.74, 6) is 6.37. The van der Waals surface area contributed by atoms with Gasteiger partial charge in [0.1, 0.15) is 0 Å². The van der Waals surface area contributed by atoms with Crippen molar-refractivity contribution in [1.29, 1.82) is 0 Å². The molecule has 2 bridgehead atoms. The zero-order valence-corrected chi connectivity index (χ0v) is 10.9. The molecule has 0 aliphatic heterocycles. The summed E-state index contributed by atoms with van der Waals surface area (Å²) in [6, 6.07) is 3.97. The smallest absolute Gasteiger partial charge is 0.159 e. The van der Waals surface area contributed by atoms with Crippen LogP contribution in [0.5, 0.6) is 0 Å². The molecule has 1 aromatic carbocycles. The minimum absolute atomic E-state index is 0.0838. The molecule has 2 nitrogen and oxygen atoms in total. The van der Waals surface area contributed by atoms with E-state index in [4.69, 9.17) is 5.84 Å². The molecule has 0 radical (unpaired) electrons. The molecular weight excluding hydrogens is 246 g/mol. The van der Waals surface area contributed by atoms with Crippen molar-refractivity contribution in [3.8, 4) is 0 Å². The minimum atomic E-state index is -0.806. The average molecular weight is 266 g/mol. The predicted octanol–water partition coefficient (Wildman–Crippen LogP) is 3.30. The highest BCUT2D eigenvalue weighted by molar-refractivity contribution is 5.21. The maximum absolute atomic E-state index is 13.3. The van der Waals surface area contributed by atoms with Crippen molar-refractivity contribution in [2.75, 3.05) is 0 Å². The van der Waals surface area contributed by atoms with Gasteiger partial charge in [0, 0.05) is 6.04 Å². The van der Waals surface area contributed by atoms with Gasteiger partial charge in [0.25, 0.3) is 0 Å². The van der Waals surface area contributed by atoms with Crippen molar-refractivity contribution in [1.82, 2.24) is 5.43 Å². The van der Waals surface area contributed by atoms with Crippen molar-refractivity contribution in [3.63, 3.8) is 0 Å². The van der Waals surface area contributed by atoms with E-state index in [1.54, 1.807) is 6.07 Å². The van der Waals surface area contributed by atoms with E-state index in [0.29, 0.717) is 5.92 Å². The van der Waals surface area contributed by atoms with E-state index in [9.17, 15) is 8.78 Å². The van der Waals surface area contributed by atoms with E-state index in [0.717, 1.165) is 23.8 Å². The van der Waals surface area contributed by atoms with Gasteiger partial charge in [0.15, 0.2) is 11.6 Å². The van der Waals surface area contributed by atoms with Gasteiger partial charge in [-0.3, -0.25) is 11.3 Å². The Hall–Kier alpha value is -1.00. The molecule has 2 saturated carbocycles. The maximum atomic E-state index is 13.3. The van der Waals surface area contributed by atoms with E-state index >= 15 is 0 Å². The molecule has 4 unspecified atom stereocenters. The van der Waals surface area contributed by atoms with Crippen LogP contribution in [0.25, 0.3) is 0 Å². The summed E-state index contributed by atoms with van der Waals surface area (Å²) in [5.41, 5.74) is 3.50. The molecule has 0 aromatic heterocycles. The molecular formula is C15H20F2N2. The lowest BCUT2D eigenvalue weighted by atomic mass is 9.83. The Kier molecular flexibility index (Phi) is 3.54. The van der Waals surface area contributed by atoms with Gasteiger partial charge in [-0.25, -0.2) is 8.78 Å². The van der Waals surface area contributed by atoms with Gasteiger partial charge in [0.2, 0.25) is 0 Å². The molecule has 0 saturated heterocycles. The molecule has 4 heteroatoms. The second-order valence-corrected chi connectivity index (χ2v) is 6.06. The molecule has 4 atom stereocenters. The largest absolute Gasteiger partial charge is 0.271 e. The summed E-state index contributed by atoms with van der Waals surface area (Å²) in [6.45, 7) is 0. The quantitative estimate of drug-likeness (QED) is 0.648. The summed E-state index contributed by atoms with van der Waals surface area (Å²) in [6.07, 6.45) is 6.23. The van der Waals surface area contributed by atoms with E-state index < -0.39 is 11.6 Å². The molecule has 0 heterocycles. The molecule has 0 amide bonds. The second kappa shape index (κ2) is 5.17. The maximum Gasteiger partial charge on any atom is 0.159 e. The number of hydrazine groups is 1. The first-order chi connectivity index (χ1) is 9.17. The Balaban J connectivity index is 1.71. The van der Waals surface area contributed by atoms with Crippen LogP contribution in [0.3, 0.4) is 0 Å². The number of benzene rings is 1. The highest BCUT2D eigenvalue weighted by atomic mass is 19.2. The summed E-state index contributed by atoms with van der Waals surface area (Å²) < 4.78 is 26.3. The molecule has 19 heavy (non-hydrogen) atoms. The van der Waals surface area contributed by atoms with Crippen LogP contribution in [0.4, 0.5) is 8.78 Å². The highest BCUT2D eigenvalue weighted by Gasteiger charge is 2.40. The van der Waals surface area contributed by atoms with Crippen LogP contribution >= 0.6 is 0 Å². The number of nitrogens with one attached hydrogen (secondary N) is 1. The fourth-order valence-corrected chi connectivity index (χ4v) is 4.00. The Labute approximate surface area is 112 Å². The normalized spacial score (nSPS) is 30.8. The van der Waals surface area contributed by atoms with Crippen molar-refractivity contribution in [2.45, 2.75) is 38.1 Å². The predicted molar refractivity (Wildman–Crippen MR) is 70.0 cm³/mol. The molecule has 2 aliphatic carbocycles. The van der Waals surface area contributed by atoms with Crippen LogP contribution < -0.4 is 11.3 Å². The highest BCUT2D eigenvalue weighted by Crippen LogP contribution is 2.50. The van der Waals surface area contributed by atoms with Crippen molar-refractivity contribution >= 4 is 0 Å². The third-order valence-electron chi connectivity index (χ3n) is 4.97. The summed E-state index contributed by atoms with van der Waals surface area (Å²) in [5, 5.41) is 0. The number of hydrogen-bond acceptors (Lipinski definition) is 2. The topological polar surface area (TPSA) is 38.0 Å². The lowest BCUT2D eigenvalue weighted by Gasteiger charge is -2.26. The number of nitrogens with two attached hydrogens (primary N) is 1. The SMILES string of the molecule is NNC(CC1CC2CCC1C2)c1ccc(F)c(F)c1. The van der Waals surface area contributed by atoms with Crippen LogP contribution in [0, 0.1) is 29.4 Å². The fraction of sp³-hybridized carbons (Fsp3) is 0.600. The number of halogens is 2. The van der Waals surface area contributed by atoms with E-state index in [2.05, 4.69) is 5.43 Å². The van der Waals surface area contributed by atoms with Crippen LogP contribution in [0.15, 0.2) is 18.2 Å². The summed E-state index contributed by atoms with van der Waals surface area (Å²) in [4.78, 5) is 0. The molecule has 1 aromatic rings. The molecule has 0 spiro atoms. The first-order valence-electron chi connectivity index (χ1n) is 7.08. The van der Waals surface area contributed by atoms with Gasteiger partial charge in [-0.2, -0.15) is 0 Å². The first kappa shape index (κ1) is 13.0. The van der Waals surface area contributed by atoms with Crippen molar-refractivity contribution in [2.24, 2.45) is 23.6 Å². The van der Waals surface area contributed by atoms with Crippen LogP contribution in [-0.2, 0) is 0 Å². The van der Waals surface area contributed by atoms with E-state index in [-0.39, 0.29) is 6.04 Å². The standard InChI is InChI=1S/C15H20F2N2/c16-13-4-3-11(7-14(13)17)15(19-18)8-12-6-9-1-2-10(12)5-9/h3-4,7,9-10,12,15,19H,1-2,5-6,8,18H2. The average Bonchev–Trinajstić information content (AvgIpc) is 3.01. The minimum Gasteiger partial charge on any atom is -0.271 e. The lowest BCUT2D eigenvalue weighted by molar-refractivity contribution is 0.279. The van der Waals surface area contributed by atoms with Gasteiger partial charge in [0.05, 0.1) is 0 Å². The monoisotopic (exact) mass is 266 g/mol. The van der Waals surface area contributed by atoms with Gasteiger partial charge in [-0.15, -0.1) is 0 Å². The van der Waals surface area contributed by atoms with Crippen molar-refractivity contribution in [3.05, 3.63) is 35.4 Å². The Morgan fingerprint density at radius 3 is 2.63 bits per heavy atom. The molecule has 3 rings (SSSR count). The van der Waals surface area contributed by atoms with Crippen LogP contribution in [0.1, 0.15) is 43.7 Å². The van der Waals surface area contributed by atoms with Gasteiger partial charge >= 0.3 is 0 Å². The Morgan fingerprint density at radius 1 is 1.21 bits per heavy atom. The van der Waals surface area contributed by atoms with Crippen molar-refractivity contribution < 1.29 is 8.78 Å². The summed E-state index contributed by atoms with van der Waals surface area (Å²) in [7, 11) is 0.